The number of hydrogen-bond acceptors (Lipinski definition) is 3. The van der Waals surface area contributed by atoms with Crippen molar-refractivity contribution in [1.29, 1.82) is 0 Å². The highest BCUT2D eigenvalue weighted by atomic mass is 16.5. The minimum atomic E-state index is -0.118. The van der Waals surface area contributed by atoms with Crippen molar-refractivity contribution in [3.05, 3.63) is 29.3 Å². The van der Waals surface area contributed by atoms with Crippen LogP contribution in [-0.4, -0.2) is 29.9 Å². The average molecular weight is 291 g/mol. The predicted molar refractivity (Wildman–Crippen MR) is 86.9 cm³/mol. The summed E-state index contributed by atoms with van der Waals surface area (Å²) in [7, 11) is 0. The molecule has 1 atom stereocenters. The molecule has 0 aromatic heterocycles. The largest absolute Gasteiger partial charge is 0.493 e. The Morgan fingerprint density at radius 3 is 2.67 bits per heavy atom. The standard InChI is InChI=1S/C18H29NO2/c1-4-18(13-20,19-16-7-8-16)10-5-11-21-17-9-6-14(2)12-15(17)3/h6,9,12,16,19-20H,4-5,7-8,10-11,13H2,1-3H3. The minimum absolute atomic E-state index is 0.118. The molecule has 2 N–H and O–H groups in total. The Morgan fingerprint density at radius 2 is 2.10 bits per heavy atom. The van der Waals surface area contributed by atoms with E-state index in [1.165, 1.54) is 24.0 Å². The molecule has 1 aliphatic carbocycles. The first-order valence-electron chi connectivity index (χ1n) is 8.17. The molecule has 21 heavy (non-hydrogen) atoms. The van der Waals surface area contributed by atoms with Gasteiger partial charge in [0, 0.05) is 11.6 Å². The summed E-state index contributed by atoms with van der Waals surface area (Å²) in [6, 6.07) is 6.90. The molecule has 0 heterocycles. The predicted octanol–water partition coefficient (Wildman–Crippen LogP) is 3.36. The lowest BCUT2D eigenvalue weighted by molar-refractivity contribution is 0.135. The zero-order valence-corrected chi connectivity index (χ0v) is 13.6. The summed E-state index contributed by atoms with van der Waals surface area (Å²) in [5.74, 6) is 0.974. The summed E-state index contributed by atoms with van der Waals surface area (Å²) in [5, 5.41) is 13.4. The third-order valence-electron chi connectivity index (χ3n) is 4.45. The topological polar surface area (TPSA) is 41.5 Å². The molecule has 0 aliphatic heterocycles. The van der Waals surface area contributed by atoms with Crippen LogP contribution in [0.4, 0.5) is 0 Å². The van der Waals surface area contributed by atoms with Gasteiger partial charge in [-0.25, -0.2) is 0 Å². The van der Waals surface area contributed by atoms with Crippen molar-refractivity contribution in [3.63, 3.8) is 0 Å². The number of aryl methyl sites for hydroxylation is 2. The molecular weight excluding hydrogens is 262 g/mol. The lowest BCUT2D eigenvalue weighted by Crippen LogP contribution is -2.49. The zero-order chi connectivity index (χ0) is 15.3. The fraction of sp³-hybridized carbons (Fsp3) is 0.667. The van der Waals surface area contributed by atoms with Gasteiger partial charge in [0.1, 0.15) is 5.75 Å². The molecule has 1 aliphatic rings. The molecule has 0 saturated heterocycles. The van der Waals surface area contributed by atoms with Gasteiger partial charge in [-0.15, -0.1) is 0 Å². The second kappa shape index (κ2) is 7.28. The van der Waals surface area contributed by atoms with Crippen LogP contribution in [0.15, 0.2) is 18.2 Å². The van der Waals surface area contributed by atoms with E-state index >= 15 is 0 Å². The molecule has 3 heteroatoms. The number of hydrogen-bond donors (Lipinski definition) is 2. The molecule has 0 spiro atoms. The van der Waals surface area contributed by atoms with Gasteiger partial charge in [0.2, 0.25) is 0 Å². The van der Waals surface area contributed by atoms with Crippen LogP contribution in [0, 0.1) is 13.8 Å². The van der Waals surface area contributed by atoms with Crippen LogP contribution in [0.5, 0.6) is 5.75 Å². The quantitative estimate of drug-likeness (QED) is 0.686. The van der Waals surface area contributed by atoms with Gasteiger partial charge < -0.3 is 15.2 Å². The molecule has 1 aromatic carbocycles. The smallest absolute Gasteiger partial charge is 0.122 e. The Kier molecular flexibility index (Phi) is 5.65. The molecule has 0 amide bonds. The molecule has 1 saturated carbocycles. The van der Waals surface area contributed by atoms with Crippen LogP contribution < -0.4 is 10.1 Å². The SMILES string of the molecule is CCC(CO)(CCCOc1ccc(C)cc1C)NC1CC1. The first-order valence-corrected chi connectivity index (χ1v) is 8.17. The zero-order valence-electron chi connectivity index (χ0n) is 13.6. The number of nitrogens with one attached hydrogen (secondary N) is 1. The van der Waals surface area contributed by atoms with Crippen molar-refractivity contribution in [2.45, 2.75) is 64.5 Å². The van der Waals surface area contributed by atoms with Crippen molar-refractivity contribution in [2.75, 3.05) is 13.2 Å². The lowest BCUT2D eigenvalue weighted by Gasteiger charge is -2.32. The van der Waals surface area contributed by atoms with Gasteiger partial charge in [-0.2, -0.15) is 0 Å². The molecule has 0 radical (unpaired) electrons. The van der Waals surface area contributed by atoms with Gasteiger partial charge in [-0.3, -0.25) is 0 Å². The molecule has 1 fully saturated rings. The third kappa shape index (κ3) is 4.72. The first kappa shape index (κ1) is 16.3. The fourth-order valence-electron chi connectivity index (χ4n) is 2.80. The van der Waals surface area contributed by atoms with Crippen LogP contribution in [0.1, 0.15) is 50.2 Å². The summed E-state index contributed by atoms with van der Waals surface area (Å²) >= 11 is 0. The molecule has 0 bridgehead atoms. The van der Waals surface area contributed by atoms with Crippen LogP contribution in [0.25, 0.3) is 0 Å². The maximum atomic E-state index is 9.74. The Labute approximate surface area is 128 Å². The monoisotopic (exact) mass is 291 g/mol. The van der Waals surface area contributed by atoms with E-state index in [0.29, 0.717) is 12.6 Å². The number of aliphatic hydroxyl groups is 1. The summed E-state index contributed by atoms with van der Waals surface area (Å²) < 4.78 is 5.89. The van der Waals surface area contributed by atoms with E-state index in [1.807, 2.05) is 6.07 Å². The van der Waals surface area contributed by atoms with Crippen molar-refractivity contribution in [2.24, 2.45) is 0 Å². The highest BCUT2D eigenvalue weighted by Crippen LogP contribution is 2.27. The van der Waals surface area contributed by atoms with E-state index < -0.39 is 0 Å². The van der Waals surface area contributed by atoms with Crippen LogP contribution in [0.3, 0.4) is 0 Å². The molecule has 2 rings (SSSR count). The van der Waals surface area contributed by atoms with E-state index in [-0.39, 0.29) is 12.1 Å². The maximum Gasteiger partial charge on any atom is 0.122 e. The minimum Gasteiger partial charge on any atom is -0.493 e. The van der Waals surface area contributed by atoms with Gasteiger partial charge in [-0.1, -0.05) is 24.6 Å². The van der Waals surface area contributed by atoms with E-state index in [4.69, 9.17) is 4.74 Å². The fourth-order valence-corrected chi connectivity index (χ4v) is 2.80. The van der Waals surface area contributed by atoms with Crippen LogP contribution >= 0.6 is 0 Å². The van der Waals surface area contributed by atoms with Crippen molar-refractivity contribution >= 4 is 0 Å². The van der Waals surface area contributed by atoms with Crippen molar-refractivity contribution in [3.8, 4) is 5.75 Å². The van der Waals surface area contributed by atoms with Gasteiger partial charge in [0.15, 0.2) is 0 Å². The molecule has 3 nitrogen and oxygen atoms in total. The first-order chi connectivity index (χ1) is 10.1. The van der Waals surface area contributed by atoms with Gasteiger partial charge in [-0.05, 0) is 57.6 Å². The maximum absolute atomic E-state index is 9.74. The van der Waals surface area contributed by atoms with Crippen LogP contribution in [-0.2, 0) is 0 Å². The normalized spacial score (nSPS) is 17.5. The summed E-state index contributed by atoms with van der Waals surface area (Å²) in [4.78, 5) is 0. The number of benzene rings is 1. The van der Waals surface area contributed by atoms with E-state index in [2.05, 4.69) is 38.2 Å². The van der Waals surface area contributed by atoms with E-state index in [0.717, 1.165) is 25.0 Å². The highest BCUT2D eigenvalue weighted by molar-refractivity contribution is 5.35. The Hall–Kier alpha value is -1.06. The highest BCUT2D eigenvalue weighted by Gasteiger charge is 2.33. The van der Waals surface area contributed by atoms with E-state index in [1.54, 1.807) is 0 Å². The Balaban J connectivity index is 1.79. The van der Waals surface area contributed by atoms with Crippen molar-refractivity contribution < 1.29 is 9.84 Å². The van der Waals surface area contributed by atoms with Crippen molar-refractivity contribution in [1.82, 2.24) is 5.32 Å². The van der Waals surface area contributed by atoms with Gasteiger partial charge in [0.05, 0.1) is 13.2 Å². The van der Waals surface area contributed by atoms with Gasteiger partial charge in [0.25, 0.3) is 0 Å². The van der Waals surface area contributed by atoms with E-state index in [9.17, 15) is 5.11 Å². The number of ether oxygens (including phenoxy) is 1. The van der Waals surface area contributed by atoms with Crippen LogP contribution in [0.2, 0.25) is 0 Å². The molecule has 1 aromatic rings. The molecular formula is C18H29NO2. The summed E-state index contributed by atoms with van der Waals surface area (Å²) in [6.07, 6.45) is 5.38. The second-order valence-electron chi connectivity index (χ2n) is 6.43. The second-order valence-corrected chi connectivity index (χ2v) is 6.43. The summed E-state index contributed by atoms with van der Waals surface area (Å²) in [6.45, 7) is 7.25. The number of rotatable bonds is 9. The average Bonchev–Trinajstić information content (AvgIpc) is 3.28. The van der Waals surface area contributed by atoms with Gasteiger partial charge >= 0.3 is 0 Å². The lowest BCUT2D eigenvalue weighted by atomic mass is 9.91. The number of aliphatic hydroxyl groups excluding tert-OH is 1. The Morgan fingerprint density at radius 1 is 1.33 bits per heavy atom. The molecule has 1 unspecified atom stereocenters. The Bertz CT molecular complexity index is 451. The molecule has 118 valence electrons. The summed E-state index contributed by atoms with van der Waals surface area (Å²) in [5.41, 5.74) is 2.33. The third-order valence-corrected chi connectivity index (χ3v) is 4.45.